The van der Waals surface area contributed by atoms with Gasteiger partial charge in [0, 0.05) is 33.0 Å². The summed E-state index contributed by atoms with van der Waals surface area (Å²) in [6.07, 6.45) is 0. The average molecular weight is 752 g/mol. The fourth-order valence-corrected chi connectivity index (χ4v) is 7.39. The first kappa shape index (κ1) is 35.5. The van der Waals surface area contributed by atoms with Gasteiger partial charge in [-0.15, -0.1) is 0 Å². The van der Waals surface area contributed by atoms with Crippen LogP contribution in [-0.4, -0.2) is 19.5 Å². The average Bonchev–Trinajstić information content (AvgIpc) is 3.64. The molecule has 9 aromatic rings. The molecular formula is C50H25N9. The topological polar surface area (TPSA) is 104 Å². The third-order valence-corrected chi connectivity index (χ3v) is 10.2. The fraction of sp³-hybridized carbons (Fsp3) is 0. The van der Waals surface area contributed by atoms with Gasteiger partial charge < -0.3 is 4.57 Å². The van der Waals surface area contributed by atoms with Gasteiger partial charge in [0.05, 0.1) is 54.1 Å². The largest absolute Gasteiger partial charge is 0.308 e. The van der Waals surface area contributed by atoms with Crippen LogP contribution in [0, 0.1) is 42.4 Å². The quantitative estimate of drug-likeness (QED) is 0.157. The molecule has 0 aliphatic heterocycles. The second kappa shape index (κ2) is 14.8. The van der Waals surface area contributed by atoms with Gasteiger partial charge in [0.25, 0.3) is 0 Å². The molecule has 0 aliphatic carbocycles. The van der Waals surface area contributed by atoms with E-state index in [4.69, 9.17) is 34.7 Å². The zero-order chi connectivity index (χ0) is 40.5. The predicted molar refractivity (Wildman–Crippen MR) is 230 cm³/mol. The van der Waals surface area contributed by atoms with Crippen LogP contribution in [-0.2, 0) is 0 Å². The minimum absolute atomic E-state index is 0.364. The van der Waals surface area contributed by atoms with Crippen LogP contribution >= 0.6 is 0 Å². The maximum Gasteiger partial charge on any atom is 0.188 e. The highest BCUT2D eigenvalue weighted by molar-refractivity contribution is 6.12. The van der Waals surface area contributed by atoms with Gasteiger partial charge in [-0.1, -0.05) is 103 Å². The van der Waals surface area contributed by atoms with Gasteiger partial charge >= 0.3 is 0 Å². The minimum Gasteiger partial charge on any atom is -0.308 e. The second-order valence-corrected chi connectivity index (χ2v) is 13.6. The molecule has 0 saturated heterocycles. The molecule has 0 unspecified atom stereocenters. The summed E-state index contributed by atoms with van der Waals surface area (Å²) in [5, 5.41) is 22.1. The first-order valence-corrected chi connectivity index (χ1v) is 18.3. The SMILES string of the molecule is [C-]#[N+]c1ccc(-c2ccc3c(c2)c2cc(-c4ccc([N+]#[C-])cc4[N+]#[C-])ccc2n3-c2cc(C#N)ccc2-c2nc(-c3ccccc3)nc(-c3ccccc3)n2)c(C#N)c1. The molecule has 0 spiro atoms. The number of aromatic nitrogens is 4. The molecule has 0 atom stereocenters. The minimum atomic E-state index is 0.364. The summed E-state index contributed by atoms with van der Waals surface area (Å²) >= 11 is 0. The van der Waals surface area contributed by atoms with E-state index < -0.39 is 0 Å². The van der Waals surface area contributed by atoms with E-state index in [0.29, 0.717) is 68.0 Å². The number of benzene rings is 7. The van der Waals surface area contributed by atoms with Crippen molar-refractivity contribution in [3.05, 3.63) is 197 Å². The molecule has 0 N–H and O–H groups in total. The Hall–Kier alpha value is -9.20. The molecule has 0 bridgehead atoms. The van der Waals surface area contributed by atoms with Crippen molar-refractivity contribution >= 4 is 38.9 Å². The highest BCUT2D eigenvalue weighted by Crippen LogP contribution is 2.42. The van der Waals surface area contributed by atoms with Crippen molar-refractivity contribution < 1.29 is 0 Å². The Kier molecular flexibility index (Phi) is 8.90. The lowest BCUT2D eigenvalue weighted by molar-refractivity contribution is 1.06. The molecule has 9 heteroatoms. The lowest BCUT2D eigenvalue weighted by atomic mass is 9.97. The zero-order valence-corrected chi connectivity index (χ0v) is 31.0. The van der Waals surface area contributed by atoms with Crippen LogP contribution in [0.1, 0.15) is 11.1 Å². The van der Waals surface area contributed by atoms with Gasteiger partial charge in [-0.3, -0.25) is 0 Å². The molecule has 7 aromatic carbocycles. The van der Waals surface area contributed by atoms with E-state index in [0.717, 1.165) is 44.1 Å². The molecule has 9 rings (SSSR count). The number of hydrogen-bond acceptors (Lipinski definition) is 5. The van der Waals surface area contributed by atoms with Gasteiger partial charge in [-0.05, 0) is 70.8 Å². The van der Waals surface area contributed by atoms with E-state index in [1.54, 1.807) is 42.5 Å². The van der Waals surface area contributed by atoms with E-state index in [-0.39, 0.29) is 0 Å². The van der Waals surface area contributed by atoms with E-state index in [9.17, 15) is 10.5 Å². The highest BCUT2D eigenvalue weighted by atomic mass is 15.1. The summed E-state index contributed by atoms with van der Waals surface area (Å²) in [6.45, 7) is 22.9. The maximum absolute atomic E-state index is 10.2. The third-order valence-electron chi connectivity index (χ3n) is 10.2. The summed E-state index contributed by atoms with van der Waals surface area (Å²) in [5.41, 5.74) is 9.47. The Morgan fingerprint density at radius 1 is 0.458 bits per heavy atom. The second-order valence-electron chi connectivity index (χ2n) is 13.6. The molecule has 270 valence electrons. The lowest BCUT2D eigenvalue weighted by Crippen LogP contribution is -2.04. The monoisotopic (exact) mass is 751 g/mol. The van der Waals surface area contributed by atoms with Crippen molar-refractivity contribution in [2.45, 2.75) is 0 Å². The molecule has 9 nitrogen and oxygen atoms in total. The fourth-order valence-electron chi connectivity index (χ4n) is 7.39. The van der Waals surface area contributed by atoms with E-state index in [1.165, 1.54) is 0 Å². The van der Waals surface area contributed by atoms with Crippen molar-refractivity contribution in [3.63, 3.8) is 0 Å². The molecule has 0 fully saturated rings. The van der Waals surface area contributed by atoms with Gasteiger partial charge in [0.15, 0.2) is 34.5 Å². The molecule has 2 aromatic heterocycles. The van der Waals surface area contributed by atoms with Crippen molar-refractivity contribution in [2.24, 2.45) is 0 Å². The summed E-state index contributed by atoms with van der Waals surface area (Å²) in [6, 6.07) is 51.6. The summed E-state index contributed by atoms with van der Waals surface area (Å²) in [7, 11) is 0. The molecule has 2 heterocycles. The Bertz CT molecular complexity index is 3200. The Balaban J connectivity index is 1.35. The molecular weight excluding hydrogens is 727 g/mol. The first-order valence-electron chi connectivity index (χ1n) is 18.3. The van der Waals surface area contributed by atoms with Gasteiger partial charge in [0.2, 0.25) is 0 Å². The summed E-state index contributed by atoms with van der Waals surface area (Å²) < 4.78 is 2.09. The van der Waals surface area contributed by atoms with Gasteiger partial charge in [-0.25, -0.2) is 29.5 Å². The standard InChI is InChI=1S/C50H25N9/c1-53-37-17-20-39(36(25-37)30-52)34-15-22-45-42(26-34)43-27-35(40-21-18-38(54-2)28-44(40)55-3)16-23-46(43)59(45)47-24-31(29-51)14-19-41(47)50-57-48(32-10-6-4-7-11-32)56-49(58-50)33-12-8-5-9-13-33/h4-28H. The Labute approximate surface area is 339 Å². The number of nitriles is 2. The van der Waals surface area contributed by atoms with Crippen LogP contribution in [0.25, 0.3) is 98.4 Å². The number of hydrogen-bond donors (Lipinski definition) is 0. The normalized spacial score (nSPS) is 10.6. The molecule has 0 amide bonds. The Morgan fingerprint density at radius 2 is 1.00 bits per heavy atom. The van der Waals surface area contributed by atoms with Crippen molar-refractivity contribution in [2.75, 3.05) is 0 Å². The number of fused-ring (bicyclic) bond motifs is 3. The van der Waals surface area contributed by atoms with Crippen LogP contribution in [0.5, 0.6) is 0 Å². The van der Waals surface area contributed by atoms with Crippen molar-refractivity contribution in [1.29, 1.82) is 10.5 Å². The van der Waals surface area contributed by atoms with Crippen LogP contribution in [0.15, 0.2) is 152 Å². The van der Waals surface area contributed by atoms with Crippen LogP contribution in [0.2, 0.25) is 0 Å². The van der Waals surface area contributed by atoms with Crippen molar-refractivity contribution in [3.8, 4) is 74.2 Å². The maximum atomic E-state index is 10.2. The smallest absolute Gasteiger partial charge is 0.188 e. The van der Waals surface area contributed by atoms with Crippen LogP contribution < -0.4 is 0 Å². The highest BCUT2D eigenvalue weighted by Gasteiger charge is 2.22. The lowest BCUT2D eigenvalue weighted by Gasteiger charge is -2.15. The van der Waals surface area contributed by atoms with Crippen LogP contribution in [0.4, 0.5) is 17.1 Å². The van der Waals surface area contributed by atoms with Gasteiger partial charge in [0.1, 0.15) is 0 Å². The molecule has 0 aliphatic rings. The Morgan fingerprint density at radius 3 is 1.56 bits per heavy atom. The third kappa shape index (κ3) is 6.34. The van der Waals surface area contributed by atoms with E-state index >= 15 is 0 Å². The summed E-state index contributed by atoms with van der Waals surface area (Å²) in [5.74, 6) is 1.41. The number of nitrogens with zero attached hydrogens (tertiary/aromatic N) is 9. The van der Waals surface area contributed by atoms with Crippen molar-refractivity contribution in [1.82, 2.24) is 19.5 Å². The van der Waals surface area contributed by atoms with Gasteiger partial charge in [-0.2, -0.15) is 10.5 Å². The molecule has 0 radical (unpaired) electrons. The molecule has 0 saturated carbocycles. The predicted octanol–water partition coefficient (Wildman–Crippen LogP) is 12.7. The first-order chi connectivity index (χ1) is 29.0. The zero-order valence-electron chi connectivity index (χ0n) is 31.0. The molecule has 59 heavy (non-hydrogen) atoms. The summed E-state index contributed by atoms with van der Waals surface area (Å²) in [4.78, 5) is 25.8. The van der Waals surface area contributed by atoms with E-state index in [2.05, 4.69) is 31.2 Å². The van der Waals surface area contributed by atoms with Crippen LogP contribution in [0.3, 0.4) is 0 Å². The number of rotatable bonds is 6. The van der Waals surface area contributed by atoms with E-state index in [1.807, 2.05) is 109 Å².